The summed E-state index contributed by atoms with van der Waals surface area (Å²) in [4.78, 5) is 1.44. The highest BCUT2D eigenvalue weighted by atomic mass is 16.3. The van der Waals surface area contributed by atoms with Gasteiger partial charge in [0.1, 0.15) is 0 Å². The summed E-state index contributed by atoms with van der Waals surface area (Å²) in [5, 5.41) is 22.1. The number of nitrogens with zero attached hydrogens (tertiary/aromatic N) is 4. The molecule has 18 heavy (non-hydrogen) atoms. The molecule has 1 atom stereocenters. The predicted octanol–water partition coefficient (Wildman–Crippen LogP) is 1.58. The van der Waals surface area contributed by atoms with Crippen LogP contribution in [0.1, 0.15) is 45.4 Å². The zero-order valence-electron chi connectivity index (χ0n) is 11.6. The molecule has 0 spiro atoms. The lowest BCUT2D eigenvalue weighted by atomic mass is 9.75. The molecule has 0 bridgehead atoms. The second-order valence-electron chi connectivity index (χ2n) is 5.89. The van der Waals surface area contributed by atoms with E-state index in [1.165, 1.54) is 17.6 Å². The molecule has 0 amide bonds. The average Bonchev–Trinajstić information content (AvgIpc) is 2.75. The number of hydrogen-bond acceptors (Lipinski definition) is 4. The molecular formula is C13H24N4O. The van der Waals surface area contributed by atoms with Crippen molar-refractivity contribution in [3.05, 3.63) is 5.82 Å². The van der Waals surface area contributed by atoms with Gasteiger partial charge in [0.05, 0.1) is 13.2 Å². The van der Waals surface area contributed by atoms with Gasteiger partial charge in [0, 0.05) is 6.42 Å². The van der Waals surface area contributed by atoms with Crippen molar-refractivity contribution in [1.29, 1.82) is 0 Å². The second-order valence-corrected chi connectivity index (χ2v) is 5.89. The monoisotopic (exact) mass is 252 g/mol. The van der Waals surface area contributed by atoms with Gasteiger partial charge in [-0.1, -0.05) is 13.8 Å². The van der Waals surface area contributed by atoms with Crippen LogP contribution in [0.2, 0.25) is 0 Å². The van der Waals surface area contributed by atoms with Gasteiger partial charge in [-0.15, -0.1) is 10.2 Å². The third-order valence-corrected chi connectivity index (χ3v) is 4.24. The average molecular weight is 252 g/mol. The first kappa shape index (κ1) is 13.5. The second kappa shape index (κ2) is 5.78. The van der Waals surface area contributed by atoms with E-state index in [4.69, 9.17) is 0 Å². The third-order valence-electron chi connectivity index (χ3n) is 4.24. The molecule has 1 aliphatic carbocycles. The van der Waals surface area contributed by atoms with Gasteiger partial charge in [0.25, 0.3) is 0 Å². The summed E-state index contributed by atoms with van der Waals surface area (Å²) < 4.78 is 0. The van der Waals surface area contributed by atoms with Crippen molar-refractivity contribution < 1.29 is 5.11 Å². The molecule has 0 radical (unpaired) electrons. The predicted molar refractivity (Wildman–Crippen MR) is 68.8 cm³/mol. The van der Waals surface area contributed by atoms with Crippen molar-refractivity contribution >= 4 is 0 Å². The van der Waals surface area contributed by atoms with E-state index >= 15 is 0 Å². The smallest absolute Gasteiger partial charge is 0.177 e. The van der Waals surface area contributed by atoms with E-state index in [-0.39, 0.29) is 6.10 Å². The SMILES string of the molecule is CC(C)C1CCC(C(O)Cc2nnn(C)n2)CC1. The van der Waals surface area contributed by atoms with Gasteiger partial charge in [-0.05, 0) is 48.7 Å². The third kappa shape index (κ3) is 3.28. The van der Waals surface area contributed by atoms with Crippen LogP contribution in [0.4, 0.5) is 0 Å². The van der Waals surface area contributed by atoms with Crippen molar-refractivity contribution in [3.8, 4) is 0 Å². The fraction of sp³-hybridized carbons (Fsp3) is 0.923. The number of tetrazole rings is 1. The molecule has 0 aliphatic heterocycles. The molecule has 1 saturated carbocycles. The number of aliphatic hydroxyl groups excluding tert-OH is 1. The van der Waals surface area contributed by atoms with Crippen LogP contribution in [0.15, 0.2) is 0 Å². The lowest BCUT2D eigenvalue weighted by molar-refractivity contribution is 0.0660. The van der Waals surface area contributed by atoms with Crippen LogP contribution in [-0.2, 0) is 13.5 Å². The minimum atomic E-state index is -0.317. The summed E-state index contributed by atoms with van der Waals surface area (Å²) in [6, 6.07) is 0. The molecule has 1 aliphatic rings. The summed E-state index contributed by atoms with van der Waals surface area (Å²) in [5.41, 5.74) is 0. The van der Waals surface area contributed by atoms with Crippen LogP contribution in [0.5, 0.6) is 0 Å². The summed E-state index contributed by atoms with van der Waals surface area (Å²) in [7, 11) is 1.75. The zero-order valence-corrected chi connectivity index (χ0v) is 11.6. The standard InChI is InChI=1S/C13H24N4O/c1-9(2)10-4-6-11(7-5-10)12(18)8-13-14-16-17(3)15-13/h9-12,18H,4-8H2,1-3H3. The number of aliphatic hydroxyl groups is 1. The number of rotatable bonds is 4. The first-order valence-electron chi connectivity index (χ1n) is 6.97. The molecular weight excluding hydrogens is 228 g/mol. The Morgan fingerprint density at radius 3 is 2.33 bits per heavy atom. The number of hydrogen-bond donors (Lipinski definition) is 1. The van der Waals surface area contributed by atoms with Crippen LogP contribution < -0.4 is 0 Å². The summed E-state index contributed by atoms with van der Waals surface area (Å²) in [6.45, 7) is 4.59. The fourth-order valence-electron chi connectivity index (χ4n) is 2.96. The lowest BCUT2D eigenvalue weighted by Gasteiger charge is -2.33. The van der Waals surface area contributed by atoms with E-state index in [1.807, 2.05) is 0 Å². The maximum absolute atomic E-state index is 10.2. The summed E-state index contributed by atoms with van der Waals surface area (Å²) in [5.74, 6) is 2.66. The van der Waals surface area contributed by atoms with Crippen molar-refractivity contribution in [2.45, 2.75) is 52.1 Å². The topological polar surface area (TPSA) is 63.8 Å². The van der Waals surface area contributed by atoms with E-state index in [2.05, 4.69) is 29.3 Å². The van der Waals surface area contributed by atoms with Crippen molar-refractivity contribution in [2.75, 3.05) is 0 Å². The van der Waals surface area contributed by atoms with E-state index in [1.54, 1.807) is 7.05 Å². The van der Waals surface area contributed by atoms with Gasteiger partial charge in [-0.2, -0.15) is 4.80 Å². The van der Waals surface area contributed by atoms with Gasteiger partial charge < -0.3 is 5.11 Å². The molecule has 2 rings (SSSR count). The van der Waals surface area contributed by atoms with E-state index in [9.17, 15) is 5.11 Å². The molecule has 0 aromatic carbocycles. The Balaban J connectivity index is 1.82. The van der Waals surface area contributed by atoms with Crippen molar-refractivity contribution in [1.82, 2.24) is 20.2 Å². The Morgan fingerprint density at radius 2 is 1.83 bits per heavy atom. The Labute approximate surface area is 109 Å². The molecule has 1 unspecified atom stereocenters. The van der Waals surface area contributed by atoms with Crippen LogP contribution in [-0.4, -0.2) is 31.4 Å². The van der Waals surface area contributed by atoms with Gasteiger partial charge in [-0.25, -0.2) is 0 Å². The lowest BCUT2D eigenvalue weighted by Crippen LogP contribution is -2.29. The van der Waals surface area contributed by atoms with E-state index in [0.717, 1.165) is 24.7 Å². The zero-order chi connectivity index (χ0) is 13.1. The minimum Gasteiger partial charge on any atom is -0.392 e. The van der Waals surface area contributed by atoms with Crippen LogP contribution >= 0.6 is 0 Å². The van der Waals surface area contributed by atoms with Crippen molar-refractivity contribution in [3.63, 3.8) is 0 Å². The van der Waals surface area contributed by atoms with E-state index in [0.29, 0.717) is 18.2 Å². The normalized spacial score (nSPS) is 26.5. The van der Waals surface area contributed by atoms with Gasteiger partial charge >= 0.3 is 0 Å². The number of aryl methyl sites for hydroxylation is 1. The highest BCUT2D eigenvalue weighted by molar-refractivity contribution is 4.86. The quantitative estimate of drug-likeness (QED) is 0.883. The van der Waals surface area contributed by atoms with Gasteiger partial charge in [0.2, 0.25) is 0 Å². The van der Waals surface area contributed by atoms with Crippen LogP contribution in [0.25, 0.3) is 0 Å². The number of aromatic nitrogens is 4. The van der Waals surface area contributed by atoms with Gasteiger partial charge in [0.15, 0.2) is 5.82 Å². The maximum Gasteiger partial charge on any atom is 0.177 e. The molecule has 1 aromatic rings. The Kier molecular flexibility index (Phi) is 4.32. The fourth-order valence-corrected chi connectivity index (χ4v) is 2.96. The Bertz CT molecular complexity index is 369. The highest BCUT2D eigenvalue weighted by Crippen LogP contribution is 2.35. The summed E-state index contributed by atoms with van der Waals surface area (Å²) >= 11 is 0. The molecule has 1 heterocycles. The maximum atomic E-state index is 10.2. The van der Waals surface area contributed by atoms with Crippen molar-refractivity contribution in [2.24, 2.45) is 24.8 Å². The summed E-state index contributed by atoms with van der Waals surface area (Å²) in [6.07, 6.45) is 4.96. The largest absolute Gasteiger partial charge is 0.392 e. The molecule has 5 nitrogen and oxygen atoms in total. The minimum absolute atomic E-state index is 0.317. The van der Waals surface area contributed by atoms with Crippen LogP contribution in [0, 0.1) is 17.8 Å². The highest BCUT2D eigenvalue weighted by Gasteiger charge is 2.28. The first-order valence-corrected chi connectivity index (χ1v) is 6.97. The first-order chi connectivity index (χ1) is 8.56. The Hall–Kier alpha value is -0.970. The molecule has 1 fully saturated rings. The Morgan fingerprint density at radius 1 is 1.22 bits per heavy atom. The molecule has 5 heteroatoms. The van der Waals surface area contributed by atoms with E-state index < -0.39 is 0 Å². The molecule has 0 saturated heterocycles. The molecule has 102 valence electrons. The molecule has 1 N–H and O–H groups in total. The molecule has 1 aromatic heterocycles. The van der Waals surface area contributed by atoms with Gasteiger partial charge in [-0.3, -0.25) is 0 Å². The van der Waals surface area contributed by atoms with Crippen LogP contribution in [0.3, 0.4) is 0 Å².